The quantitative estimate of drug-likeness (QED) is 0.185. The van der Waals surface area contributed by atoms with E-state index in [1.165, 1.54) is 32.7 Å². The lowest BCUT2D eigenvalue weighted by Gasteiger charge is -2.17. The fourth-order valence-electron chi connectivity index (χ4n) is 7.87. The number of hydrogen-bond acceptors (Lipinski definition) is 3. The zero-order valence-electron chi connectivity index (χ0n) is 25.1. The summed E-state index contributed by atoms with van der Waals surface area (Å²) in [6.07, 6.45) is 0. The number of para-hydroxylation sites is 2. The second-order valence-electron chi connectivity index (χ2n) is 12.4. The minimum absolute atomic E-state index is 0.863. The molecule has 0 bridgehead atoms. The highest BCUT2D eigenvalue weighted by Crippen LogP contribution is 2.46. The van der Waals surface area contributed by atoms with Gasteiger partial charge in [-0.05, 0) is 92.3 Å². The van der Waals surface area contributed by atoms with Crippen LogP contribution in [-0.2, 0) is 0 Å². The number of furan rings is 3. The summed E-state index contributed by atoms with van der Waals surface area (Å²) in [6.45, 7) is 0. The zero-order valence-corrected chi connectivity index (χ0v) is 25.1. The van der Waals surface area contributed by atoms with Crippen LogP contribution in [0.3, 0.4) is 0 Å². The summed E-state index contributed by atoms with van der Waals surface area (Å²) in [6, 6.07) is 51.3. The summed E-state index contributed by atoms with van der Waals surface area (Å²) >= 11 is 0. The lowest BCUT2D eigenvalue weighted by molar-refractivity contribution is 0.663. The van der Waals surface area contributed by atoms with Crippen LogP contribution in [0.15, 0.2) is 159 Å². The minimum atomic E-state index is 0.863. The molecule has 0 fully saturated rings. The predicted molar refractivity (Wildman–Crippen MR) is 194 cm³/mol. The van der Waals surface area contributed by atoms with E-state index in [1.807, 2.05) is 36.4 Å². The van der Waals surface area contributed by atoms with Gasteiger partial charge in [0.15, 0.2) is 0 Å². The summed E-state index contributed by atoms with van der Waals surface area (Å²) < 4.78 is 19.0. The maximum Gasteiger partial charge on any atom is 0.136 e. The van der Waals surface area contributed by atoms with Gasteiger partial charge >= 0.3 is 0 Å². The first-order valence-corrected chi connectivity index (χ1v) is 15.9. The van der Waals surface area contributed by atoms with E-state index in [2.05, 4.69) is 109 Å². The molecule has 3 heteroatoms. The van der Waals surface area contributed by atoms with Crippen LogP contribution in [0.4, 0.5) is 0 Å². The van der Waals surface area contributed by atoms with E-state index in [0.29, 0.717) is 0 Å². The van der Waals surface area contributed by atoms with Crippen LogP contribution in [0.2, 0.25) is 0 Å². The second-order valence-corrected chi connectivity index (χ2v) is 12.4. The maximum atomic E-state index is 6.43. The van der Waals surface area contributed by atoms with Crippen molar-refractivity contribution in [3.8, 4) is 22.3 Å². The van der Waals surface area contributed by atoms with Crippen LogP contribution < -0.4 is 0 Å². The summed E-state index contributed by atoms with van der Waals surface area (Å²) in [7, 11) is 0. The molecule has 3 nitrogen and oxygen atoms in total. The van der Waals surface area contributed by atoms with Crippen LogP contribution in [0.1, 0.15) is 0 Å². The van der Waals surface area contributed by atoms with E-state index in [9.17, 15) is 0 Å². The van der Waals surface area contributed by atoms with Crippen molar-refractivity contribution in [2.75, 3.05) is 0 Å². The Morgan fingerprint density at radius 1 is 0.255 bits per heavy atom. The Morgan fingerprint density at radius 3 is 1.30 bits per heavy atom. The second kappa shape index (κ2) is 9.12. The van der Waals surface area contributed by atoms with Gasteiger partial charge in [-0.2, -0.15) is 0 Å². The number of hydrogen-bond donors (Lipinski definition) is 0. The van der Waals surface area contributed by atoms with Gasteiger partial charge < -0.3 is 13.3 Å². The average Bonchev–Trinajstić information content (AvgIpc) is 3.80. The predicted octanol–water partition coefficient (Wildman–Crippen LogP) is 13.0. The average molecular weight is 601 g/mol. The Hall–Kier alpha value is -6.32. The molecule has 0 amide bonds. The summed E-state index contributed by atoms with van der Waals surface area (Å²) in [5.41, 5.74) is 10.0. The van der Waals surface area contributed by atoms with Crippen molar-refractivity contribution in [2.45, 2.75) is 0 Å². The molecular formula is C44H24O3. The third-order valence-electron chi connectivity index (χ3n) is 9.86. The third kappa shape index (κ3) is 3.40. The van der Waals surface area contributed by atoms with E-state index in [-0.39, 0.29) is 0 Å². The molecule has 11 aromatic rings. The Bertz CT molecular complexity index is 3020. The highest BCUT2D eigenvalue weighted by molar-refractivity contribution is 6.27. The van der Waals surface area contributed by atoms with E-state index in [4.69, 9.17) is 13.3 Å². The molecule has 3 aromatic heterocycles. The third-order valence-corrected chi connectivity index (χ3v) is 9.86. The van der Waals surface area contributed by atoms with E-state index in [1.54, 1.807) is 0 Å². The van der Waals surface area contributed by atoms with Crippen molar-refractivity contribution in [3.63, 3.8) is 0 Å². The Kier molecular flexibility index (Phi) is 4.84. The molecule has 0 N–H and O–H groups in total. The van der Waals surface area contributed by atoms with Crippen LogP contribution in [0, 0.1) is 0 Å². The van der Waals surface area contributed by atoms with Crippen molar-refractivity contribution in [3.05, 3.63) is 146 Å². The van der Waals surface area contributed by atoms with Crippen molar-refractivity contribution < 1.29 is 13.3 Å². The first kappa shape index (κ1) is 24.9. The van der Waals surface area contributed by atoms with Gasteiger partial charge in [-0.1, -0.05) is 97.1 Å². The molecule has 0 aliphatic carbocycles. The highest BCUT2D eigenvalue weighted by Gasteiger charge is 2.20. The molecule has 0 aliphatic heterocycles. The lowest BCUT2D eigenvalue weighted by atomic mass is 9.85. The van der Waals surface area contributed by atoms with Crippen molar-refractivity contribution in [1.29, 1.82) is 0 Å². The number of fused-ring (bicyclic) bond motifs is 12. The summed E-state index contributed by atoms with van der Waals surface area (Å²) in [4.78, 5) is 0. The largest absolute Gasteiger partial charge is 0.456 e. The smallest absolute Gasteiger partial charge is 0.136 e. The molecule has 0 aliphatic rings. The molecule has 0 radical (unpaired) electrons. The van der Waals surface area contributed by atoms with Crippen LogP contribution >= 0.6 is 0 Å². The molecule has 8 aromatic carbocycles. The molecule has 218 valence electrons. The van der Waals surface area contributed by atoms with Gasteiger partial charge in [0.05, 0.1) is 0 Å². The van der Waals surface area contributed by atoms with Crippen LogP contribution in [0.25, 0.3) is 110 Å². The first-order valence-electron chi connectivity index (χ1n) is 15.9. The van der Waals surface area contributed by atoms with Gasteiger partial charge in [0.1, 0.15) is 33.5 Å². The van der Waals surface area contributed by atoms with Gasteiger partial charge in [-0.25, -0.2) is 0 Å². The zero-order chi connectivity index (χ0) is 30.6. The minimum Gasteiger partial charge on any atom is -0.456 e. The van der Waals surface area contributed by atoms with E-state index < -0.39 is 0 Å². The highest BCUT2D eigenvalue weighted by atomic mass is 16.3. The number of rotatable bonds is 2. The fourth-order valence-corrected chi connectivity index (χ4v) is 7.87. The van der Waals surface area contributed by atoms with E-state index in [0.717, 1.165) is 76.9 Å². The van der Waals surface area contributed by atoms with Gasteiger partial charge in [-0.15, -0.1) is 0 Å². The van der Waals surface area contributed by atoms with Crippen LogP contribution in [0.5, 0.6) is 0 Å². The fraction of sp³-hybridized carbons (Fsp3) is 0. The first-order chi connectivity index (χ1) is 23.3. The molecule has 11 rings (SSSR count). The topological polar surface area (TPSA) is 39.4 Å². The molecule has 0 saturated carbocycles. The molecule has 47 heavy (non-hydrogen) atoms. The molecule has 0 unspecified atom stereocenters. The molecule has 0 saturated heterocycles. The van der Waals surface area contributed by atoms with E-state index >= 15 is 0 Å². The Labute approximate surface area is 267 Å². The monoisotopic (exact) mass is 600 g/mol. The standard InChI is InChI=1S/C44H24O3/c1-3-12-31-29(10-1)41(25-18-20-37-34(23-25)44-39(46-37)22-21-38-43(44)33-14-6-8-16-36(33)45-38)30-11-2-4-13-32(30)42(31)26-17-19-28-27-9-5-7-15-35(27)47-40(28)24-26/h1-24H. The van der Waals surface area contributed by atoms with Crippen molar-refractivity contribution in [2.24, 2.45) is 0 Å². The molecular weight excluding hydrogens is 576 g/mol. The normalized spacial score (nSPS) is 12.3. The van der Waals surface area contributed by atoms with Crippen molar-refractivity contribution >= 4 is 87.4 Å². The summed E-state index contributed by atoms with van der Waals surface area (Å²) in [5.74, 6) is 0. The van der Waals surface area contributed by atoms with Gasteiger partial charge in [0.25, 0.3) is 0 Å². The molecule has 0 spiro atoms. The van der Waals surface area contributed by atoms with Gasteiger partial charge in [0, 0.05) is 32.3 Å². The Morgan fingerprint density at radius 2 is 0.660 bits per heavy atom. The SMILES string of the molecule is c1ccc2c(c1)oc1cc(-c3c4ccccc4c(-c4ccc5oc6ccc7oc8ccccc8c7c6c5c4)c4ccccc34)ccc12. The molecule has 3 heterocycles. The summed E-state index contributed by atoms with van der Waals surface area (Å²) in [5, 5.41) is 11.5. The lowest BCUT2D eigenvalue weighted by Crippen LogP contribution is -1.90. The van der Waals surface area contributed by atoms with Crippen LogP contribution in [-0.4, -0.2) is 0 Å². The Balaban J connectivity index is 1.22. The maximum absolute atomic E-state index is 6.43. The number of benzene rings is 8. The van der Waals surface area contributed by atoms with Gasteiger partial charge in [0.2, 0.25) is 0 Å². The van der Waals surface area contributed by atoms with Crippen molar-refractivity contribution in [1.82, 2.24) is 0 Å². The van der Waals surface area contributed by atoms with Gasteiger partial charge in [-0.3, -0.25) is 0 Å². The molecule has 0 atom stereocenters.